The maximum absolute atomic E-state index is 5.96. The van der Waals surface area contributed by atoms with Crippen LogP contribution in [0, 0.1) is 11.8 Å². The summed E-state index contributed by atoms with van der Waals surface area (Å²) in [5.74, 6) is 2.92. The largest absolute Gasteiger partial charge is 0.250 e. The Morgan fingerprint density at radius 3 is 2.75 bits per heavy atom. The highest BCUT2D eigenvalue weighted by Crippen LogP contribution is 2.14. The number of aromatic nitrogens is 3. The Balaban J connectivity index is 2.61. The fourth-order valence-electron chi connectivity index (χ4n) is 1.84. The molecule has 0 fully saturated rings. The van der Waals surface area contributed by atoms with Crippen molar-refractivity contribution in [1.29, 1.82) is 0 Å². The third-order valence-electron chi connectivity index (χ3n) is 2.62. The maximum atomic E-state index is 5.96. The van der Waals surface area contributed by atoms with Crippen LogP contribution in [0.1, 0.15) is 39.4 Å². The molecule has 0 N–H and O–H groups in total. The first kappa shape index (κ1) is 13.5. The molecule has 4 heteroatoms. The summed E-state index contributed by atoms with van der Waals surface area (Å²) >= 11 is 5.96. The topological polar surface area (TPSA) is 30.7 Å². The van der Waals surface area contributed by atoms with Crippen LogP contribution in [-0.2, 0) is 13.0 Å². The quantitative estimate of drug-likeness (QED) is 0.689. The summed E-state index contributed by atoms with van der Waals surface area (Å²) in [4.78, 5) is 4.33. The molecular weight excluding hydrogens is 222 g/mol. The van der Waals surface area contributed by atoms with Crippen molar-refractivity contribution < 1.29 is 0 Å². The average molecular weight is 244 g/mol. The number of hydrogen-bond donors (Lipinski definition) is 0. The molecule has 16 heavy (non-hydrogen) atoms. The highest BCUT2D eigenvalue weighted by Gasteiger charge is 2.13. The van der Waals surface area contributed by atoms with E-state index in [2.05, 4.69) is 30.9 Å². The van der Waals surface area contributed by atoms with Gasteiger partial charge in [0.1, 0.15) is 12.2 Å². The van der Waals surface area contributed by atoms with E-state index < -0.39 is 0 Å². The van der Waals surface area contributed by atoms with Crippen LogP contribution in [0.15, 0.2) is 6.33 Å². The van der Waals surface area contributed by atoms with E-state index in [4.69, 9.17) is 11.6 Å². The zero-order valence-electron chi connectivity index (χ0n) is 10.5. The highest BCUT2D eigenvalue weighted by atomic mass is 35.5. The second-order valence-corrected chi connectivity index (χ2v) is 5.07. The van der Waals surface area contributed by atoms with Gasteiger partial charge >= 0.3 is 0 Å². The molecule has 0 aliphatic carbocycles. The van der Waals surface area contributed by atoms with Gasteiger partial charge in [-0.3, -0.25) is 0 Å². The zero-order chi connectivity index (χ0) is 12.0. The number of rotatable bonds is 7. The monoisotopic (exact) mass is 243 g/mol. The molecule has 1 unspecified atom stereocenters. The Hall–Kier alpha value is -0.570. The fraction of sp³-hybridized carbons (Fsp3) is 0.833. The maximum Gasteiger partial charge on any atom is 0.138 e. The third kappa shape index (κ3) is 4.12. The number of nitrogens with zero attached hydrogens (tertiary/aromatic N) is 3. The van der Waals surface area contributed by atoms with Gasteiger partial charge in [0.05, 0.1) is 0 Å². The minimum Gasteiger partial charge on any atom is -0.250 e. The SMILES string of the molecule is CCCC(CCl)Cc1ncnn1CC(C)C. The van der Waals surface area contributed by atoms with Gasteiger partial charge in [-0.05, 0) is 18.3 Å². The van der Waals surface area contributed by atoms with E-state index in [-0.39, 0.29) is 0 Å². The molecule has 3 nitrogen and oxygen atoms in total. The van der Waals surface area contributed by atoms with Gasteiger partial charge in [0, 0.05) is 18.8 Å². The molecule has 0 aromatic carbocycles. The van der Waals surface area contributed by atoms with E-state index in [1.54, 1.807) is 6.33 Å². The van der Waals surface area contributed by atoms with E-state index in [9.17, 15) is 0 Å². The van der Waals surface area contributed by atoms with Crippen molar-refractivity contribution in [2.75, 3.05) is 5.88 Å². The molecule has 0 saturated heterocycles. The molecule has 1 atom stereocenters. The minimum atomic E-state index is 0.529. The summed E-state index contributed by atoms with van der Waals surface area (Å²) in [6, 6.07) is 0. The Labute approximate surface area is 103 Å². The lowest BCUT2D eigenvalue weighted by atomic mass is 10.0. The van der Waals surface area contributed by atoms with Gasteiger partial charge in [-0.2, -0.15) is 5.10 Å². The summed E-state index contributed by atoms with van der Waals surface area (Å²) in [7, 11) is 0. The predicted molar refractivity (Wildman–Crippen MR) is 67.7 cm³/mol. The van der Waals surface area contributed by atoms with Crippen LogP contribution in [0.3, 0.4) is 0 Å². The van der Waals surface area contributed by atoms with E-state index in [0.717, 1.165) is 25.2 Å². The van der Waals surface area contributed by atoms with Crippen LogP contribution in [0.5, 0.6) is 0 Å². The minimum absolute atomic E-state index is 0.529. The van der Waals surface area contributed by atoms with Crippen LogP contribution < -0.4 is 0 Å². The van der Waals surface area contributed by atoms with E-state index in [0.29, 0.717) is 17.7 Å². The van der Waals surface area contributed by atoms with Crippen molar-refractivity contribution in [2.45, 2.75) is 46.6 Å². The molecule has 1 aromatic heterocycles. The summed E-state index contributed by atoms with van der Waals surface area (Å²) in [5.41, 5.74) is 0. The second kappa shape index (κ2) is 6.89. The van der Waals surface area contributed by atoms with Crippen LogP contribution in [0.2, 0.25) is 0 Å². The lowest BCUT2D eigenvalue weighted by Gasteiger charge is -2.13. The van der Waals surface area contributed by atoms with E-state index >= 15 is 0 Å². The first-order valence-electron chi connectivity index (χ1n) is 6.10. The van der Waals surface area contributed by atoms with Crippen molar-refractivity contribution in [1.82, 2.24) is 14.8 Å². The van der Waals surface area contributed by atoms with Crippen LogP contribution in [0.25, 0.3) is 0 Å². The van der Waals surface area contributed by atoms with Crippen LogP contribution in [0.4, 0.5) is 0 Å². The van der Waals surface area contributed by atoms with Gasteiger partial charge in [0.15, 0.2) is 0 Å². The summed E-state index contributed by atoms with van der Waals surface area (Å²) < 4.78 is 2.01. The average Bonchev–Trinajstić information content (AvgIpc) is 2.64. The summed E-state index contributed by atoms with van der Waals surface area (Å²) in [5, 5.41) is 4.27. The van der Waals surface area contributed by atoms with Crippen LogP contribution in [-0.4, -0.2) is 20.6 Å². The lowest BCUT2D eigenvalue weighted by Crippen LogP contribution is -2.15. The summed E-state index contributed by atoms with van der Waals surface area (Å²) in [6.45, 7) is 7.52. The standard InChI is InChI=1S/C12H22ClN3/c1-4-5-11(7-13)6-12-14-9-15-16(12)8-10(2)3/h9-11H,4-8H2,1-3H3. The molecule has 1 heterocycles. The molecule has 0 aliphatic rings. The molecule has 0 radical (unpaired) electrons. The molecule has 1 aromatic rings. The van der Waals surface area contributed by atoms with Gasteiger partial charge in [-0.25, -0.2) is 9.67 Å². The number of alkyl halides is 1. The van der Waals surface area contributed by atoms with Crippen molar-refractivity contribution in [3.63, 3.8) is 0 Å². The van der Waals surface area contributed by atoms with Crippen molar-refractivity contribution in [3.8, 4) is 0 Å². The van der Waals surface area contributed by atoms with Crippen molar-refractivity contribution in [2.24, 2.45) is 11.8 Å². The molecule has 0 saturated carbocycles. The van der Waals surface area contributed by atoms with Gasteiger partial charge in [0.2, 0.25) is 0 Å². The third-order valence-corrected chi connectivity index (χ3v) is 3.06. The lowest BCUT2D eigenvalue weighted by molar-refractivity contribution is 0.439. The molecule has 0 amide bonds. The molecule has 0 spiro atoms. The zero-order valence-corrected chi connectivity index (χ0v) is 11.2. The Morgan fingerprint density at radius 1 is 1.44 bits per heavy atom. The van der Waals surface area contributed by atoms with Gasteiger partial charge in [-0.1, -0.05) is 27.2 Å². The molecular formula is C12H22ClN3. The Kier molecular flexibility index (Phi) is 5.81. The van der Waals surface area contributed by atoms with E-state index in [1.165, 1.54) is 6.42 Å². The second-order valence-electron chi connectivity index (χ2n) is 4.77. The smallest absolute Gasteiger partial charge is 0.138 e. The molecule has 92 valence electrons. The van der Waals surface area contributed by atoms with Crippen molar-refractivity contribution >= 4 is 11.6 Å². The van der Waals surface area contributed by atoms with Gasteiger partial charge < -0.3 is 0 Å². The number of hydrogen-bond acceptors (Lipinski definition) is 2. The first-order valence-corrected chi connectivity index (χ1v) is 6.63. The fourth-order valence-corrected chi connectivity index (χ4v) is 2.11. The normalized spacial score (nSPS) is 13.3. The summed E-state index contributed by atoms with van der Waals surface area (Å²) in [6.07, 6.45) is 4.94. The van der Waals surface area contributed by atoms with E-state index in [1.807, 2.05) is 4.68 Å². The predicted octanol–water partition coefficient (Wildman–Crippen LogP) is 3.13. The molecule has 0 bridgehead atoms. The molecule has 0 aliphatic heterocycles. The first-order chi connectivity index (χ1) is 7.67. The van der Waals surface area contributed by atoms with Crippen molar-refractivity contribution in [3.05, 3.63) is 12.2 Å². The molecule has 1 rings (SSSR count). The van der Waals surface area contributed by atoms with Gasteiger partial charge in [0.25, 0.3) is 0 Å². The Bertz CT molecular complexity index is 296. The highest BCUT2D eigenvalue weighted by molar-refractivity contribution is 6.18. The van der Waals surface area contributed by atoms with Gasteiger partial charge in [-0.15, -0.1) is 11.6 Å². The number of halogens is 1. The Morgan fingerprint density at radius 2 is 2.19 bits per heavy atom. The van der Waals surface area contributed by atoms with Crippen LogP contribution >= 0.6 is 11.6 Å².